The van der Waals surface area contributed by atoms with Crippen molar-refractivity contribution in [3.05, 3.63) is 33.8 Å². The van der Waals surface area contributed by atoms with Gasteiger partial charge in [0.15, 0.2) is 0 Å². The molecule has 0 aliphatic carbocycles. The molecule has 2 heterocycles. The van der Waals surface area contributed by atoms with Gasteiger partial charge in [0, 0.05) is 34.7 Å². The summed E-state index contributed by atoms with van der Waals surface area (Å²) in [5.41, 5.74) is 1.08. The molecule has 0 saturated carbocycles. The molecule has 2 aliphatic heterocycles. The summed E-state index contributed by atoms with van der Waals surface area (Å²) in [7, 11) is 0. The lowest BCUT2D eigenvalue weighted by Crippen LogP contribution is -2.34. The van der Waals surface area contributed by atoms with Crippen molar-refractivity contribution in [2.75, 3.05) is 19.6 Å². The standard InChI is InChI=1S/C15H20Cl2N2/c1-2-15-11-7-18-6-10(11)8-19(15)9-12-13(16)4-3-5-14(12)17/h3-5,10-11,15,18H,2,6-9H2,1H3. The van der Waals surface area contributed by atoms with E-state index in [1.54, 1.807) is 0 Å². The molecule has 104 valence electrons. The van der Waals surface area contributed by atoms with Crippen molar-refractivity contribution < 1.29 is 0 Å². The lowest BCUT2D eigenvalue weighted by Gasteiger charge is -2.27. The zero-order valence-corrected chi connectivity index (χ0v) is 12.7. The number of fused-ring (bicyclic) bond motifs is 1. The van der Waals surface area contributed by atoms with Crippen LogP contribution in [0.15, 0.2) is 18.2 Å². The molecule has 1 aromatic carbocycles. The van der Waals surface area contributed by atoms with E-state index in [9.17, 15) is 0 Å². The van der Waals surface area contributed by atoms with Crippen LogP contribution in [0.25, 0.3) is 0 Å². The largest absolute Gasteiger partial charge is 0.316 e. The van der Waals surface area contributed by atoms with Crippen molar-refractivity contribution >= 4 is 23.2 Å². The second kappa shape index (κ2) is 5.61. The predicted octanol–water partition coefficient (Wildman–Crippen LogP) is 3.42. The van der Waals surface area contributed by atoms with Crippen LogP contribution in [-0.4, -0.2) is 30.6 Å². The van der Waals surface area contributed by atoms with Gasteiger partial charge in [-0.3, -0.25) is 4.90 Å². The second-order valence-corrected chi connectivity index (χ2v) is 6.50. The third-order valence-corrected chi connectivity index (χ3v) is 5.37. The Kier molecular flexibility index (Phi) is 4.04. The number of nitrogens with one attached hydrogen (secondary N) is 1. The first-order chi connectivity index (χ1) is 9.20. The molecule has 3 atom stereocenters. The van der Waals surface area contributed by atoms with E-state index < -0.39 is 0 Å². The number of hydrogen-bond acceptors (Lipinski definition) is 2. The van der Waals surface area contributed by atoms with Crippen LogP contribution in [-0.2, 0) is 6.54 Å². The van der Waals surface area contributed by atoms with Crippen LogP contribution < -0.4 is 5.32 Å². The minimum absolute atomic E-state index is 0.660. The quantitative estimate of drug-likeness (QED) is 0.920. The second-order valence-electron chi connectivity index (χ2n) is 5.69. The smallest absolute Gasteiger partial charge is 0.0465 e. The van der Waals surface area contributed by atoms with Gasteiger partial charge < -0.3 is 5.32 Å². The first-order valence-electron chi connectivity index (χ1n) is 7.08. The Bertz CT molecular complexity index is 443. The van der Waals surface area contributed by atoms with E-state index in [1.165, 1.54) is 6.42 Å². The Hall–Kier alpha value is -0.280. The highest BCUT2D eigenvalue weighted by Gasteiger charge is 2.43. The third kappa shape index (κ3) is 2.52. The molecule has 2 nitrogen and oxygen atoms in total. The molecule has 0 amide bonds. The van der Waals surface area contributed by atoms with Crippen LogP contribution in [0.5, 0.6) is 0 Å². The summed E-state index contributed by atoms with van der Waals surface area (Å²) in [5.74, 6) is 1.59. The summed E-state index contributed by atoms with van der Waals surface area (Å²) in [6, 6.07) is 6.44. The van der Waals surface area contributed by atoms with Crippen molar-refractivity contribution in [1.82, 2.24) is 10.2 Å². The average molecular weight is 299 g/mol. The van der Waals surface area contributed by atoms with Gasteiger partial charge in [0.2, 0.25) is 0 Å². The van der Waals surface area contributed by atoms with Crippen LogP contribution >= 0.6 is 23.2 Å². The van der Waals surface area contributed by atoms with Gasteiger partial charge in [-0.25, -0.2) is 0 Å². The molecule has 19 heavy (non-hydrogen) atoms. The molecule has 3 rings (SSSR count). The highest BCUT2D eigenvalue weighted by atomic mass is 35.5. The lowest BCUT2D eigenvalue weighted by atomic mass is 9.93. The highest BCUT2D eigenvalue weighted by molar-refractivity contribution is 6.35. The number of halogens is 2. The van der Waals surface area contributed by atoms with Crippen LogP contribution in [0.1, 0.15) is 18.9 Å². The van der Waals surface area contributed by atoms with Crippen molar-refractivity contribution in [3.63, 3.8) is 0 Å². The van der Waals surface area contributed by atoms with Crippen molar-refractivity contribution in [3.8, 4) is 0 Å². The summed E-state index contributed by atoms with van der Waals surface area (Å²) in [5, 5.41) is 5.10. The first-order valence-corrected chi connectivity index (χ1v) is 7.84. The Morgan fingerprint density at radius 2 is 2.00 bits per heavy atom. The summed E-state index contributed by atoms with van der Waals surface area (Å²) in [6.45, 7) is 6.65. The van der Waals surface area contributed by atoms with Crippen molar-refractivity contribution in [2.24, 2.45) is 11.8 Å². The zero-order chi connectivity index (χ0) is 13.4. The van der Waals surface area contributed by atoms with Crippen LogP contribution in [0, 0.1) is 11.8 Å². The summed E-state index contributed by atoms with van der Waals surface area (Å²) in [4.78, 5) is 2.57. The number of hydrogen-bond donors (Lipinski definition) is 1. The predicted molar refractivity (Wildman–Crippen MR) is 80.8 cm³/mol. The maximum atomic E-state index is 6.30. The number of likely N-dealkylation sites (tertiary alicyclic amines) is 1. The maximum Gasteiger partial charge on any atom is 0.0465 e. The Balaban J connectivity index is 1.80. The molecule has 1 N–H and O–H groups in total. The molecule has 0 radical (unpaired) electrons. The van der Waals surface area contributed by atoms with E-state index >= 15 is 0 Å². The maximum absolute atomic E-state index is 6.30. The van der Waals surface area contributed by atoms with E-state index in [0.29, 0.717) is 6.04 Å². The zero-order valence-electron chi connectivity index (χ0n) is 11.2. The van der Waals surface area contributed by atoms with Gasteiger partial charge in [0.05, 0.1) is 0 Å². The molecule has 1 aromatic rings. The average Bonchev–Trinajstić information content (AvgIpc) is 2.93. The molecule has 0 spiro atoms. The Labute approximate surface area is 125 Å². The van der Waals surface area contributed by atoms with Crippen LogP contribution in [0.4, 0.5) is 0 Å². The highest BCUT2D eigenvalue weighted by Crippen LogP contribution is 2.37. The fourth-order valence-corrected chi connectivity index (χ4v) is 4.26. The van der Waals surface area contributed by atoms with Gasteiger partial charge >= 0.3 is 0 Å². The van der Waals surface area contributed by atoms with Gasteiger partial charge in [-0.05, 0) is 43.5 Å². The Morgan fingerprint density at radius 1 is 1.26 bits per heavy atom. The fraction of sp³-hybridized carbons (Fsp3) is 0.600. The third-order valence-electron chi connectivity index (χ3n) is 4.67. The number of rotatable bonds is 3. The molecule has 2 aliphatic rings. The number of benzene rings is 1. The molecule has 2 saturated heterocycles. The fourth-order valence-electron chi connectivity index (χ4n) is 3.74. The van der Waals surface area contributed by atoms with Gasteiger partial charge in [-0.1, -0.05) is 36.2 Å². The normalized spacial score (nSPS) is 30.8. The lowest BCUT2D eigenvalue weighted by molar-refractivity contribution is 0.210. The van der Waals surface area contributed by atoms with Gasteiger partial charge in [0.25, 0.3) is 0 Å². The van der Waals surface area contributed by atoms with Crippen molar-refractivity contribution in [2.45, 2.75) is 25.9 Å². The minimum atomic E-state index is 0.660. The molecule has 3 unspecified atom stereocenters. The summed E-state index contributed by atoms with van der Waals surface area (Å²) < 4.78 is 0. The van der Waals surface area contributed by atoms with Crippen LogP contribution in [0.2, 0.25) is 10.0 Å². The topological polar surface area (TPSA) is 15.3 Å². The SMILES string of the molecule is CCC1C2CNCC2CN1Cc1c(Cl)cccc1Cl. The molecule has 0 bridgehead atoms. The van der Waals surface area contributed by atoms with E-state index in [2.05, 4.69) is 17.1 Å². The van der Waals surface area contributed by atoms with E-state index in [1.807, 2.05) is 18.2 Å². The number of nitrogens with zero attached hydrogens (tertiary/aromatic N) is 1. The molecule has 4 heteroatoms. The minimum Gasteiger partial charge on any atom is -0.316 e. The van der Waals surface area contributed by atoms with Gasteiger partial charge in [-0.2, -0.15) is 0 Å². The molecular formula is C15H20Cl2N2. The van der Waals surface area contributed by atoms with Gasteiger partial charge in [0.1, 0.15) is 0 Å². The van der Waals surface area contributed by atoms with Crippen LogP contribution in [0.3, 0.4) is 0 Å². The first kappa shape index (κ1) is 13.7. The van der Waals surface area contributed by atoms with E-state index in [4.69, 9.17) is 23.2 Å². The molecule has 0 aromatic heterocycles. The molecule has 2 fully saturated rings. The monoisotopic (exact) mass is 298 g/mol. The summed E-state index contributed by atoms with van der Waals surface area (Å²) in [6.07, 6.45) is 1.20. The van der Waals surface area contributed by atoms with E-state index in [-0.39, 0.29) is 0 Å². The van der Waals surface area contributed by atoms with Crippen molar-refractivity contribution in [1.29, 1.82) is 0 Å². The summed E-state index contributed by atoms with van der Waals surface area (Å²) >= 11 is 12.6. The molecular weight excluding hydrogens is 279 g/mol. The van der Waals surface area contributed by atoms with Gasteiger partial charge in [-0.15, -0.1) is 0 Å². The van der Waals surface area contributed by atoms with E-state index in [0.717, 1.165) is 53.6 Å². The Morgan fingerprint density at radius 3 is 2.68 bits per heavy atom.